The summed E-state index contributed by atoms with van der Waals surface area (Å²) in [6, 6.07) is 9.41. The Bertz CT molecular complexity index is 609. The molecule has 0 saturated carbocycles. The van der Waals surface area contributed by atoms with Crippen molar-refractivity contribution in [1.82, 2.24) is 4.40 Å². The van der Waals surface area contributed by atoms with Gasteiger partial charge in [-0.3, -0.25) is 4.79 Å². The van der Waals surface area contributed by atoms with Crippen molar-refractivity contribution in [2.45, 2.75) is 0 Å². The number of aromatic nitrogens is 1. The van der Waals surface area contributed by atoms with Crippen molar-refractivity contribution >= 4 is 16.3 Å². The minimum Gasteiger partial charge on any atom is -0.322 e. The summed E-state index contributed by atoms with van der Waals surface area (Å²) in [5.74, 6) is 0. The molecule has 2 heteroatoms. The summed E-state index contributed by atoms with van der Waals surface area (Å²) in [5, 5.41) is 1.92. The van der Waals surface area contributed by atoms with Gasteiger partial charge in [-0.25, -0.2) is 0 Å². The maximum atomic E-state index is 11.5. The zero-order chi connectivity index (χ0) is 8.84. The maximum absolute atomic E-state index is 11.5. The topological polar surface area (TPSA) is 21.5 Å². The summed E-state index contributed by atoms with van der Waals surface area (Å²) in [4.78, 5) is 11.5. The van der Waals surface area contributed by atoms with Gasteiger partial charge in [-0.2, -0.15) is 0 Å². The molecule has 2 heterocycles. The molecule has 1 aromatic carbocycles. The van der Waals surface area contributed by atoms with Crippen LogP contribution in [0.25, 0.3) is 16.3 Å². The number of pyridine rings is 1. The average Bonchev–Trinajstić information content (AvgIpc) is 2.57. The normalized spacial score (nSPS) is 11.4. The smallest absolute Gasteiger partial charge is 0.189 e. The Morgan fingerprint density at radius 2 is 1.85 bits per heavy atom. The van der Waals surface area contributed by atoms with Crippen molar-refractivity contribution in [3.63, 3.8) is 0 Å². The molecule has 0 unspecified atom stereocenters. The van der Waals surface area contributed by atoms with Crippen LogP contribution in [-0.4, -0.2) is 4.40 Å². The van der Waals surface area contributed by atoms with Gasteiger partial charge in [0, 0.05) is 29.2 Å². The van der Waals surface area contributed by atoms with Crippen LogP contribution < -0.4 is 5.43 Å². The van der Waals surface area contributed by atoms with E-state index < -0.39 is 0 Å². The first-order chi connectivity index (χ1) is 6.36. The van der Waals surface area contributed by atoms with Crippen LogP contribution in [0.4, 0.5) is 0 Å². The van der Waals surface area contributed by atoms with Gasteiger partial charge in [0.05, 0.1) is 5.52 Å². The van der Waals surface area contributed by atoms with Gasteiger partial charge in [-0.15, -0.1) is 0 Å². The lowest BCUT2D eigenvalue weighted by molar-refractivity contribution is 1.20. The number of nitrogens with zero attached hydrogens (tertiary/aromatic N) is 1. The molecule has 2 nitrogen and oxygen atoms in total. The molecule has 0 radical (unpaired) electrons. The van der Waals surface area contributed by atoms with E-state index in [0.717, 1.165) is 16.3 Å². The molecular weight excluding hydrogens is 162 g/mol. The Morgan fingerprint density at radius 3 is 2.77 bits per heavy atom. The van der Waals surface area contributed by atoms with Crippen LogP contribution in [0.5, 0.6) is 0 Å². The molecule has 0 fully saturated rings. The third-order valence-corrected chi connectivity index (χ3v) is 2.39. The van der Waals surface area contributed by atoms with Crippen molar-refractivity contribution in [2.24, 2.45) is 0 Å². The van der Waals surface area contributed by atoms with E-state index in [2.05, 4.69) is 0 Å². The first-order valence-electron chi connectivity index (χ1n) is 4.18. The highest BCUT2D eigenvalue weighted by molar-refractivity contribution is 5.95. The minimum absolute atomic E-state index is 0.0943. The van der Waals surface area contributed by atoms with E-state index in [4.69, 9.17) is 0 Å². The summed E-state index contributed by atoms with van der Waals surface area (Å²) in [6.07, 6.45) is 3.77. The second kappa shape index (κ2) is 2.10. The molecule has 3 aromatic rings. The predicted molar refractivity (Wildman–Crippen MR) is 52.4 cm³/mol. The number of hydrogen-bond acceptors (Lipinski definition) is 1. The molecule has 0 spiro atoms. The lowest BCUT2D eigenvalue weighted by Crippen LogP contribution is -2.00. The zero-order valence-corrected chi connectivity index (χ0v) is 6.90. The predicted octanol–water partition coefficient (Wildman–Crippen LogP) is 1.89. The van der Waals surface area contributed by atoms with Crippen molar-refractivity contribution < 1.29 is 0 Å². The van der Waals surface area contributed by atoms with Gasteiger partial charge in [-0.05, 0) is 12.1 Å². The Balaban J connectivity index is 2.82. The molecule has 0 aliphatic heterocycles. The van der Waals surface area contributed by atoms with Gasteiger partial charge < -0.3 is 4.40 Å². The highest BCUT2D eigenvalue weighted by Gasteiger charge is 2.03. The van der Waals surface area contributed by atoms with E-state index >= 15 is 0 Å². The fraction of sp³-hybridized carbons (Fsp3) is 0. The van der Waals surface area contributed by atoms with Crippen LogP contribution in [0.15, 0.2) is 47.5 Å². The molecule has 2 aromatic heterocycles. The summed E-state index contributed by atoms with van der Waals surface area (Å²) >= 11 is 0. The molecule has 0 atom stereocenters. The highest BCUT2D eigenvalue weighted by Crippen LogP contribution is 2.18. The molecule has 3 rings (SSSR count). The zero-order valence-electron chi connectivity index (χ0n) is 6.90. The van der Waals surface area contributed by atoms with E-state index in [-0.39, 0.29) is 5.43 Å². The molecule has 0 bridgehead atoms. The molecule has 0 amide bonds. The molecule has 0 aliphatic carbocycles. The summed E-state index contributed by atoms with van der Waals surface area (Å²) in [5.41, 5.74) is 1.12. The van der Waals surface area contributed by atoms with Gasteiger partial charge in [0.25, 0.3) is 0 Å². The second-order valence-electron chi connectivity index (χ2n) is 3.15. The van der Waals surface area contributed by atoms with E-state index in [0.29, 0.717) is 0 Å². The fourth-order valence-corrected chi connectivity index (χ4v) is 1.78. The molecule has 0 aliphatic rings. The van der Waals surface area contributed by atoms with Crippen molar-refractivity contribution in [1.29, 1.82) is 0 Å². The van der Waals surface area contributed by atoms with Crippen LogP contribution in [0.2, 0.25) is 0 Å². The van der Waals surface area contributed by atoms with E-state index in [1.54, 1.807) is 12.3 Å². The second-order valence-corrected chi connectivity index (χ2v) is 3.15. The molecule has 13 heavy (non-hydrogen) atoms. The molecule has 0 N–H and O–H groups in total. The quantitative estimate of drug-likeness (QED) is 0.503. The summed E-state index contributed by atoms with van der Waals surface area (Å²) in [7, 11) is 0. The number of rotatable bonds is 0. The van der Waals surface area contributed by atoms with Crippen molar-refractivity contribution in [3.8, 4) is 0 Å². The Kier molecular flexibility index (Phi) is 1.08. The largest absolute Gasteiger partial charge is 0.322 e. The van der Waals surface area contributed by atoms with Gasteiger partial charge >= 0.3 is 0 Å². The average molecular weight is 169 g/mol. The van der Waals surface area contributed by atoms with Gasteiger partial charge in [0.2, 0.25) is 0 Å². The third-order valence-electron chi connectivity index (χ3n) is 2.39. The lowest BCUT2D eigenvalue weighted by Gasteiger charge is -1.97. The number of hydrogen-bond donors (Lipinski definition) is 0. The van der Waals surface area contributed by atoms with Crippen LogP contribution in [-0.2, 0) is 0 Å². The van der Waals surface area contributed by atoms with Crippen LogP contribution >= 0.6 is 0 Å². The van der Waals surface area contributed by atoms with Gasteiger partial charge in [-0.1, -0.05) is 12.1 Å². The molecule has 62 valence electrons. The first-order valence-corrected chi connectivity index (χ1v) is 4.18. The third kappa shape index (κ3) is 0.746. The standard InChI is InChI=1S/C11H7NO/c13-10-5-7-12-6-4-8-2-1-3-9(10)11(8)12/h1-7H. The minimum atomic E-state index is 0.0943. The fourth-order valence-electron chi connectivity index (χ4n) is 1.78. The number of benzene rings is 1. The summed E-state index contributed by atoms with van der Waals surface area (Å²) in [6.45, 7) is 0. The molecular formula is C11H7NO. The van der Waals surface area contributed by atoms with Crippen molar-refractivity contribution in [3.05, 3.63) is 52.9 Å². The Labute approximate surface area is 74.4 Å². The van der Waals surface area contributed by atoms with E-state index in [1.807, 2.05) is 34.9 Å². The van der Waals surface area contributed by atoms with E-state index in [1.165, 1.54) is 0 Å². The monoisotopic (exact) mass is 169 g/mol. The maximum Gasteiger partial charge on any atom is 0.189 e. The SMILES string of the molecule is O=c1ccn2ccc3cccc1c32. The van der Waals surface area contributed by atoms with Gasteiger partial charge in [0.15, 0.2) is 5.43 Å². The molecule has 0 saturated heterocycles. The Hall–Kier alpha value is -1.83. The lowest BCUT2D eigenvalue weighted by atomic mass is 10.2. The van der Waals surface area contributed by atoms with Crippen LogP contribution in [0.3, 0.4) is 0 Å². The van der Waals surface area contributed by atoms with Crippen LogP contribution in [0.1, 0.15) is 0 Å². The Morgan fingerprint density at radius 1 is 1.00 bits per heavy atom. The first kappa shape index (κ1) is 6.66. The highest BCUT2D eigenvalue weighted by atomic mass is 16.1. The number of para-hydroxylation sites is 1. The van der Waals surface area contributed by atoms with Crippen LogP contribution in [0, 0.1) is 0 Å². The summed E-state index contributed by atoms with van der Waals surface area (Å²) < 4.78 is 1.98. The van der Waals surface area contributed by atoms with Crippen molar-refractivity contribution in [2.75, 3.05) is 0 Å². The van der Waals surface area contributed by atoms with E-state index in [9.17, 15) is 4.79 Å². The van der Waals surface area contributed by atoms with Gasteiger partial charge in [0.1, 0.15) is 0 Å².